The van der Waals surface area contributed by atoms with Gasteiger partial charge in [-0.25, -0.2) is 9.59 Å². The monoisotopic (exact) mass is 823 g/mol. The van der Waals surface area contributed by atoms with Crippen molar-refractivity contribution in [2.45, 2.75) is 110 Å². The zero-order valence-corrected chi connectivity index (χ0v) is 35.9. The lowest BCUT2D eigenvalue weighted by atomic mass is 10.1. The lowest BCUT2D eigenvalue weighted by Gasteiger charge is -2.08. The molecule has 0 aromatic heterocycles. The van der Waals surface area contributed by atoms with E-state index in [1.165, 1.54) is 77.0 Å². The van der Waals surface area contributed by atoms with E-state index in [1.54, 1.807) is 72.9 Å². The second-order valence-corrected chi connectivity index (χ2v) is 15.2. The summed E-state index contributed by atoms with van der Waals surface area (Å²) in [6, 6.07) is 35.4. The molecule has 0 unspecified atom stereocenters. The molecule has 0 aliphatic rings. The highest BCUT2D eigenvalue weighted by Gasteiger charge is 2.12. The minimum Gasteiger partial charge on any atom is -0.494 e. The Morgan fingerprint density at radius 2 is 0.852 bits per heavy atom. The number of esters is 2. The van der Waals surface area contributed by atoms with E-state index in [9.17, 15) is 9.59 Å². The van der Waals surface area contributed by atoms with Crippen molar-refractivity contribution in [3.05, 3.63) is 138 Å². The number of hydrogen-bond donors (Lipinski definition) is 0. The van der Waals surface area contributed by atoms with Crippen molar-refractivity contribution in [3.8, 4) is 23.0 Å². The van der Waals surface area contributed by atoms with E-state index in [4.69, 9.17) is 18.9 Å². The van der Waals surface area contributed by atoms with Gasteiger partial charge in [0.05, 0.1) is 41.4 Å². The van der Waals surface area contributed by atoms with Gasteiger partial charge in [-0.1, -0.05) is 109 Å². The van der Waals surface area contributed by atoms with Gasteiger partial charge in [-0.15, -0.1) is 0 Å². The summed E-state index contributed by atoms with van der Waals surface area (Å²) in [4.78, 5) is 30.2. The van der Waals surface area contributed by atoms with Crippen molar-refractivity contribution in [2.75, 3.05) is 13.2 Å². The molecule has 9 nitrogen and oxygen atoms in total. The largest absolute Gasteiger partial charge is 0.494 e. The van der Waals surface area contributed by atoms with Crippen LogP contribution in [0.4, 0.5) is 17.1 Å². The van der Waals surface area contributed by atoms with Gasteiger partial charge in [0.15, 0.2) is 0 Å². The Morgan fingerprint density at radius 3 is 1.36 bits per heavy atom. The molecular formula is C52H61N3O6. The van der Waals surface area contributed by atoms with Crippen molar-refractivity contribution < 1.29 is 28.5 Å². The van der Waals surface area contributed by atoms with E-state index in [-0.39, 0.29) is 0 Å². The van der Waals surface area contributed by atoms with Gasteiger partial charge in [0.2, 0.25) is 0 Å². The molecule has 0 saturated heterocycles. The number of carbonyl (C=O) groups is 2. The first-order valence-electron chi connectivity index (χ1n) is 22.1. The molecule has 0 aliphatic heterocycles. The minimum absolute atomic E-state index is 0.313. The van der Waals surface area contributed by atoms with Gasteiger partial charge in [0.25, 0.3) is 0 Å². The second kappa shape index (κ2) is 26.9. The number of nitrogens with zero attached hydrogens (tertiary/aromatic N) is 3. The number of benzene rings is 5. The molecule has 0 spiro atoms. The fourth-order valence-corrected chi connectivity index (χ4v) is 6.49. The first-order valence-corrected chi connectivity index (χ1v) is 22.1. The van der Waals surface area contributed by atoms with Crippen LogP contribution in [0.5, 0.6) is 23.0 Å². The van der Waals surface area contributed by atoms with Crippen molar-refractivity contribution >= 4 is 35.2 Å². The third kappa shape index (κ3) is 17.6. The summed E-state index contributed by atoms with van der Waals surface area (Å²) in [7, 11) is 0. The molecule has 5 aromatic rings. The summed E-state index contributed by atoms with van der Waals surface area (Å²) in [6.07, 6.45) is 20.6. The normalized spacial score (nSPS) is 11.2. The zero-order valence-electron chi connectivity index (χ0n) is 35.9. The molecule has 0 amide bonds. The Balaban J connectivity index is 1.00. The predicted octanol–water partition coefficient (Wildman–Crippen LogP) is 14.9. The Hall–Kier alpha value is -6.09. The minimum atomic E-state index is -0.540. The summed E-state index contributed by atoms with van der Waals surface area (Å²) in [5.41, 5.74) is 3.67. The number of hydrogen-bond acceptors (Lipinski definition) is 9. The van der Waals surface area contributed by atoms with Gasteiger partial charge in [-0.3, -0.25) is 4.99 Å². The molecule has 0 heterocycles. The summed E-state index contributed by atoms with van der Waals surface area (Å²) >= 11 is 0. The molecule has 9 heteroatoms. The summed E-state index contributed by atoms with van der Waals surface area (Å²) < 4.78 is 22.9. The SMILES string of the molecule is CCCCCCCCCCCCOc1ccc(N=Nc2ccc(N=Cc3cccc(OC(=O)c4ccc(OC(=O)c5ccc(OCCCCCCC)cc5)cc4)c3)cc2)cc1. The second-order valence-electron chi connectivity index (χ2n) is 15.2. The fourth-order valence-electron chi connectivity index (χ4n) is 6.49. The quantitative estimate of drug-likeness (QED) is 0.0172. The summed E-state index contributed by atoms with van der Waals surface area (Å²) in [5, 5.41) is 8.73. The van der Waals surface area contributed by atoms with E-state index in [1.807, 2.05) is 54.6 Å². The Morgan fingerprint density at radius 1 is 0.443 bits per heavy atom. The number of unbranched alkanes of at least 4 members (excludes halogenated alkanes) is 13. The van der Waals surface area contributed by atoms with Crippen LogP contribution in [-0.4, -0.2) is 31.4 Å². The molecule has 0 saturated carbocycles. The van der Waals surface area contributed by atoms with Crippen LogP contribution in [0.15, 0.2) is 137 Å². The van der Waals surface area contributed by atoms with Crippen molar-refractivity contribution in [1.29, 1.82) is 0 Å². The van der Waals surface area contributed by atoms with Gasteiger partial charge in [0, 0.05) is 6.21 Å². The number of aliphatic imine (C=N–C) groups is 1. The van der Waals surface area contributed by atoms with E-state index < -0.39 is 11.9 Å². The Labute approximate surface area is 362 Å². The molecule has 0 bridgehead atoms. The van der Waals surface area contributed by atoms with Crippen LogP contribution in [0.2, 0.25) is 0 Å². The Bertz CT molecular complexity index is 2080. The smallest absolute Gasteiger partial charge is 0.343 e. The van der Waals surface area contributed by atoms with E-state index in [0.717, 1.165) is 54.3 Å². The molecule has 0 atom stereocenters. The predicted molar refractivity (Wildman–Crippen MR) is 245 cm³/mol. The molecule has 0 N–H and O–H groups in total. The molecular weight excluding hydrogens is 763 g/mol. The van der Waals surface area contributed by atoms with E-state index >= 15 is 0 Å². The maximum atomic E-state index is 12.9. The third-order valence-corrected chi connectivity index (χ3v) is 10.1. The number of rotatable bonds is 27. The molecule has 5 aromatic carbocycles. The standard InChI is InChI=1S/C52H61N3O6/c1-3-5-7-9-10-11-12-13-15-17-38-59-48-35-29-46(30-36-48)55-54-45-27-25-44(26-28-45)53-40-41-19-18-20-50(39-41)61-52(57)43-23-33-49(34-24-43)60-51(56)42-21-31-47(32-22-42)58-37-16-14-8-6-4-2/h18-36,39-40H,3-17,37-38H2,1-2H3. The number of carbonyl (C=O) groups excluding carboxylic acids is 2. The van der Waals surface area contributed by atoms with Gasteiger partial charge in [-0.05, 0) is 128 Å². The highest BCUT2D eigenvalue weighted by Crippen LogP contribution is 2.25. The van der Waals surface area contributed by atoms with Crippen molar-refractivity contribution in [2.24, 2.45) is 15.2 Å². The summed E-state index contributed by atoms with van der Waals surface area (Å²) in [6.45, 7) is 5.84. The zero-order chi connectivity index (χ0) is 42.7. The molecule has 0 fully saturated rings. The lowest BCUT2D eigenvalue weighted by molar-refractivity contribution is 0.0730. The maximum Gasteiger partial charge on any atom is 0.343 e. The summed E-state index contributed by atoms with van der Waals surface area (Å²) in [5.74, 6) is 1.21. The van der Waals surface area contributed by atoms with Crippen molar-refractivity contribution in [1.82, 2.24) is 0 Å². The molecule has 5 rings (SSSR count). The van der Waals surface area contributed by atoms with Gasteiger partial charge in [-0.2, -0.15) is 10.2 Å². The van der Waals surface area contributed by atoms with Crippen LogP contribution in [-0.2, 0) is 0 Å². The van der Waals surface area contributed by atoms with Crippen LogP contribution < -0.4 is 18.9 Å². The highest BCUT2D eigenvalue weighted by molar-refractivity contribution is 5.93. The van der Waals surface area contributed by atoms with Gasteiger partial charge < -0.3 is 18.9 Å². The highest BCUT2D eigenvalue weighted by atomic mass is 16.5. The van der Waals surface area contributed by atoms with Crippen LogP contribution in [0, 0.1) is 0 Å². The van der Waals surface area contributed by atoms with Crippen molar-refractivity contribution in [3.63, 3.8) is 0 Å². The van der Waals surface area contributed by atoms with E-state index in [2.05, 4.69) is 29.1 Å². The molecule has 320 valence electrons. The molecule has 61 heavy (non-hydrogen) atoms. The van der Waals surface area contributed by atoms with E-state index in [0.29, 0.717) is 34.9 Å². The van der Waals surface area contributed by atoms with Crippen LogP contribution in [0.25, 0.3) is 0 Å². The van der Waals surface area contributed by atoms with Crippen LogP contribution in [0.3, 0.4) is 0 Å². The Kier molecular flexibility index (Phi) is 20.3. The lowest BCUT2D eigenvalue weighted by Crippen LogP contribution is -2.10. The third-order valence-electron chi connectivity index (χ3n) is 10.1. The van der Waals surface area contributed by atoms with Crippen LogP contribution >= 0.6 is 0 Å². The average Bonchev–Trinajstić information content (AvgIpc) is 3.29. The molecule has 0 aliphatic carbocycles. The fraction of sp³-hybridized carbons (Fsp3) is 0.365. The van der Waals surface area contributed by atoms with Gasteiger partial charge >= 0.3 is 11.9 Å². The number of azo groups is 1. The first kappa shape index (κ1) is 46.0. The van der Waals surface area contributed by atoms with Gasteiger partial charge in [0.1, 0.15) is 23.0 Å². The first-order chi connectivity index (χ1) is 30.0. The topological polar surface area (TPSA) is 108 Å². The number of ether oxygens (including phenoxy) is 4. The molecule has 0 radical (unpaired) electrons. The maximum absolute atomic E-state index is 12.9. The average molecular weight is 824 g/mol. The van der Waals surface area contributed by atoms with Crippen LogP contribution in [0.1, 0.15) is 136 Å².